The molecule has 2 aliphatic heterocycles. The van der Waals surface area contributed by atoms with E-state index < -0.39 is 0 Å². The van der Waals surface area contributed by atoms with Crippen molar-refractivity contribution < 1.29 is 4.79 Å². The number of amides is 1. The number of anilines is 2. The molecule has 0 spiro atoms. The molecular weight excluding hydrogens is 350 g/mol. The van der Waals surface area contributed by atoms with E-state index in [2.05, 4.69) is 68.6 Å². The summed E-state index contributed by atoms with van der Waals surface area (Å²) in [6.07, 6.45) is 4.19. The number of aryl methyl sites for hydroxylation is 1. The first-order valence-corrected chi connectivity index (χ1v) is 10.4. The number of aromatic nitrogens is 2. The largest absolute Gasteiger partial charge is 0.355 e. The third-order valence-electron chi connectivity index (χ3n) is 5.84. The first-order valence-electron chi connectivity index (χ1n) is 10.4. The maximum absolute atomic E-state index is 12.5. The number of benzene rings is 1. The van der Waals surface area contributed by atoms with Crippen LogP contribution in [0.3, 0.4) is 0 Å². The van der Waals surface area contributed by atoms with Crippen LogP contribution in [0.2, 0.25) is 0 Å². The van der Waals surface area contributed by atoms with E-state index in [4.69, 9.17) is 0 Å². The molecule has 2 aromatic rings. The Kier molecular flexibility index (Phi) is 5.74. The third kappa shape index (κ3) is 4.43. The quantitative estimate of drug-likeness (QED) is 0.866. The van der Waals surface area contributed by atoms with E-state index in [0.29, 0.717) is 6.54 Å². The molecule has 1 N–H and O–H groups in total. The van der Waals surface area contributed by atoms with E-state index >= 15 is 0 Å². The van der Waals surface area contributed by atoms with Crippen LogP contribution < -0.4 is 15.1 Å². The number of nitrogens with one attached hydrogen (secondary N) is 1. The average molecular weight is 380 g/mol. The van der Waals surface area contributed by atoms with Crippen molar-refractivity contribution in [1.82, 2.24) is 15.5 Å². The van der Waals surface area contributed by atoms with Gasteiger partial charge >= 0.3 is 0 Å². The van der Waals surface area contributed by atoms with Gasteiger partial charge in [-0.05, 0) is 50.3 Å². The molecule has 4 rings (SSSR count). The van der Waals surface area contributed by atoms with E-state index in [1.165, 1.54) is 18.4 Å². The van der Waals surface area contributed by atoms with E-state index in [9.17, 15) is 4.79 Å². The van der Waals surface area contributed by atoms with E-state index in [0.717, 1.165) is 56.2 Å². The Morgan fingerprint density at radius 3 is 2.07 bits per heavy atom. The molecule has 0 atom stereocenters. The number of rotatable bonds is 5. The molecule has 6 heteroatoms. The van der Waals surface area contributed by atoms with Crippen LogP contribution in [0.5, 0.6) is 0 Å². The lowest BCUT2D eigenvalue weighted by Crippen LogP contribution is -2.40. The van der Waals surface area contributed by atoms with Crippen LogP contribution in [0, 0.1) is 12.8 Å². The van der Waals surface area contributed by atoms with Crippen molar-refractivity contribution in [2.45, 2.75) is 39.2 Å². The molecule has 3 heterocycles. The zero-order valence-corrected chi connectivity index (χ0v) is 16.6. The summed E-state index contributed by atoms with van der Waals surface area (Å²) >= 11 is 0. The second-order valence-corrected chi connectivity index (χ2v) is 7.91. The highest BCUT2D eigenvalue weighted by Crippen LogP contribution is 2.24. The first-order chi connectivity index (χ1) is 13.7. The molecule has 2 saturated heterocycles. The minimum Gasteiger partial charge on any atom is -0.355 e. The predicted molar refractivity (Wildman–Crippen MR) is 111 cm³/mol. The highest BCUT2D eigenvalue weighted by molar-refractivity contribution is 5.79. The van der Waals surface area contributed by atoms with Gasteiger partial charge in [0.2, 0.25) is 5.91 Å². The zero-order valence-electron chi connectivity index (χ0n) is 16.6. The molecule has 0 saturated carbocycles. The van der Waals surface area contributed by atoms with Crippen LogP contribution in [0.25, 0.3) is 0 Å². The second-order valence-electron chi connectivity index (χ2n) is 7.91. The van der Waals surface area contributed by atoms with Gasteiger partial charge in [-0.1, -0.05) is 29.8 Å². The van der Waals surface area contributed by atoms with Crippen molar-refractivity contribution in [2.24, 2.45) is 5.92 Å². The summed E-state index contributed by atoms with van der Waals surface area (Å²) in [5.41, 5.74) is 2.38. The van der Waals surface area contributed by atoms with Crippen molar-refractivity contribution in [3.05, 3.63) is 47.5 Å². The van der Waals surface area contributed by atoms with Gasteiger partial charge in [0.15, 0.2) is 11.6 Å². The fraction of sp³-hybridized carbons (Fsp3) is 0.500. The maximum Gasteiger partial charge on any atom is 0.223 e. The van der Waals surface area contributed by atoms with E-state index in [1.54, 1.807) is 0 Å². The molecule has 28 heavy (non-hydrogen) atoms. The van der Waals surface area contributed by atoms with E-state index in [1.807, 2.05) is 0 Å². The standard InChI is InChI=1S/C22H29N5O/c1-17-4-6-18(7-5-17)16-23-22(28)19-10-14-27(15-11-19)21-9-8-20(24-25-21)26-12-2-3-13-26/h4-9,19H,2-3,10-16H2,1H3,(H,23,28). The maximum atomic E-state index is 12.5. The monoisotopic (exact) mass is 379 g/mol. The predicted octanol–water partition coefficient (Wildman–Crippen LogP) is 2.92. The Morgan fingerprint density at radius 2 is 1.50 bits per heavy atom. The Balaban J connectivity index is 1.25. The number of hydrogen-bond donors (Lipinski definition) is 1. The van der Waals surface area contributed by atoms with Gasteiger partial charge < -0.3 is 15.1 Å². The van der Waals surface area contributed by atoms with Crippen LogP contribution in [-0.4, -0.2) is 42.3 Å². The lowest BCUT2D eigenvalue weighted by atomic mass is 9.96. The lowest BCUT2D eigenvalue weighted by Gasteiger charge is -2.32. The fourth-order valence-corrected chi connectivity index (χ4v) is 4.01. The van der Waals surface area contributed by atoms with Crippen molar-refractivity contribution in [2.75, 3.05) is 36.0 Å². The Hall–Kier alpha value is -2.63. The summed E-state index contributed by atoms with van der Waals surface area (Å²) in [7, 11) is 0. The van der Waals surface area contributed by atoms with Gasteiger partial charge in [0.1, 0.15) is 0 Å². The highest BCUT2D eigenvalue weighted by Gasteiger charge is 2.26. The highest BCUT2D eigenvalue weighted by atomic mass is 16.1. The van der Waals surface area contributed by atoms with Gasteiger partial charge in [-0.2, -0.15) is 0 Å². The second kappa shape index (κ2) is 8.59. The van der Waals surface area contributed by atoms with Gasteiger partial charge in [-0.25, -0.2) is 0 Å². The number of carbonyl (C=O) groups excluding carboxylic acids is 1. The van der Waals surface area contributed by atoms with Gasteiger partial charge in [-0.3, -0.25) is 4.79 Å². The number of nitrogens with zero attached hydrogens (tertiary/aromatic N) is 4. The molecular formula is C22H29N5O. The van der Waals surface area contributed by atoms with E-state index in [-0.39, 0.29) is 11.8 Å². The Bertz CT molecular complexity index is 776. The lowest BCUT2D eigenvalue weighted by molar-refractivity contribution is -0.125. The molecule has 2 fully saturated rings. The molecule has 2 aliphatic rings. The third-order valence-corrected chi connectivity index (χ3v) is 5.84. The Labute approximate surface area is 166 Å². The minimum absolute atomic E-state index is 0.0820. The van der Waals surface area contributed by atoms with Crippen molar-refractivity contribution in [3.8, 4) is 0 Å². The van der Waals surface area contributed by atoms with Crippen LogP contribution in [0.15, 0.2) is 36.4 Å². The fourth-order valence-electron chi connectivity index (χ4n) is 4.01. The molecule has 0 radical (unpaired) electrons. The van der Waals surface area contributed by atoms with Crippen LogP contribution >= 0.6 is 0 Å². The molecule has 0 unspecified atom stereocenters. The molecule has 1 aromatic carbocycles. The SMILES string of the molecule is Cc1ccc(CNC(=O)C2CCN(c3ccc(N4CCCC4)nn3)CC2)cc1. The molecule has 148 valence electrons. The number of hydrogen-bond acceptors (Lipinski definition) is 5. The average Bonchev–Trinajstić information content (AvgIpc) is 3.28. The van der Waals surface area contributed by atoms with Crippen molar-refractivity contribution in [3.63, 3.8) is 0 Å². The van der Waals surface area contributed by atoms with Gasteiger partial charge in [0.25, 0.3) is 0 Å². The molecule has 0 aliphatic carbocycles. The summed E-state index contributed by atoms with van der Waals surface area (Å²) in [5, 5.41) is 11.9. The van der Waals surface area contributed by atoms with Crippen LogP contribution in [-0.2, 0) is 11.3 Å². The van der Waals surface area contributed by atoms with Gasteiger partial charge in [0.05, 0.1) is 0 Å². The van der Waals surface area contributed by atoms with Crippen molar-refractivity contribution >= 4 is 17.5 Å². The van der Waals surface area contributed by atoms with Gasteiger partial charge in [0, 0.05) is 38.6 Å². The minimum atomic E-state index is 0.0820. The normalized spacial score (nSPS) is 17.8. The summed E-state index contributed by atoms with van der Waals surface area (Å²) in [4.78, 5) is 17.0. The van der Waals surface area contributed by atoms with Crippen molar-refractivity contribution in [1.29, 1.82) is 0 Å². The van der Waals surface area contributed by atoms with Crippen LogP contribution in [0.4, 0.5) is 11.6 Å². The molecule has 0 bridgehead atoms. The summed E-state index contributed by atoms with van der Waals surface area (Å²) in [6.45, 7) is 6.53. The summed E-state index contributed by atoms with van der Waals surface area (Å²) < 4.78 is 0. The molecule has 1 amide bonds. The zero-order chi connectivity index (χ0) is 19.3. The topological polar surface area (TPSA) is 61.4 Å². The number of piperidine rings is 1. The summed E-state index contributed by atoms with van der Waals surface area (Å²) in [6, 6.07) is 12.4. The molecule has 6 nitrogen and oxygen atoms in total. The van der Waals surface area contributed by atoms with Gasteiger partial charge in [-0.15, -0.1) is 10.2 Å². The van der Waals surface area contributed by atoms with Crippen LogP contribution in [0.1, 0.15) is 36.8 Å². The molecule has 1 aromatic heterocycles. The number of carbonyl (C=O) groups is 1. The smallest absolute Gasteiger partial charge is 0.223 e. The summed E-state index contributed by atoms with van der Waals surface area (Å²) in [5.74, 6) is 2.14. The Morgan fingerprint density at radius 1 is 0.929 bits per heavy atom. The first kappa shape index (κ1) is 18.7.